The Morgan fingerprint density at radius 2 is 2.12 bits per heavy atom. The van der Waals surface area contributed by atoms with Gasteiger partial charge >= 0.3 is 5.97 Å². The number of carbonyl (C=O) groups is 2. The summed E-state index contributed by atoms with van der Waals surface area (Å²) >= 11 is 7.44. The Bertz CT molecular complexity index is 800. The third kappa shape index (κ3) is 3.19. The van der Waals surface area contributed by atoms with E-state index in [-0.39, 0.29) is 11.5 Å². The fraction of sp³-hybridized carbons (Fsp3) is 0.333. The van der Waals surface area contributed by atoms with Crippen molar-refractivity contribution in [2.45, 2.75) is 32.6 Å². The van der Waals surface area contributed by atoms with Gasteiger partial charge in [-0.05, 0) is 42.9 Å². The highest BCUT2D eigenvalue weighted by Crippen LogP contribution is 2.40. The third-order valence-corrected chi connectivity index (χ3v) is 6.00. The van der Waals surface area contributed by atoms with Crippen LogP contribution in [0.15, 0.2) is 24.3 Å². The molecule has 1 amide bonds. The van der Waals surface area contributed by atoms with Gasteiger partial charge in [0.1, 0.15) is 5.00 Å². The summed E-state index contributed by atoms with van der Waals surface area (Å²) in [7, 11) is 0. The fourth-order valence-corrected chi connectivity index (χ4v) is 4.70. The van der Waals surface area contributed by atoms with E-state index in [9.17, 15) is 14.7 Å². The van der Waals surface area contributed by atoms with Gasteiger partial charge in [-0.3, -0.25) is 4.79 Å². The maximum atomic E-state index is 12.5. The fourth-order valence-electron chi connectivity index (χ4n) is 3.13. The molecule has 0 saturated carbocycles. The van der Waals surface area contributed by atoms with Gasteiger partial charge in [0.25, 0.3) is 5.91 Å². The van der Waals surface area contributed by atoms with Gasteiger partial charge < -0.3 is 10.4 Å². The summed E-state index contributed by atoms with van der Waals surface area (Å²) in [6.07, 6.45) is 3.73. The molecule has 1 aliphatic carbocycles. The van der Waals surface area contributed by atoms with Crippen LogP contribution >= 0.6 is 22.9 Å². The van der Waals surface area contributed by atoms with Crippen LogP contribution in [0.4, 0.5) is 5.00 Å². The highest BCUT2D eigenvalue weighted by molar-refractivity contribution is 7.17. The predicted molar refractivity (Wildman–Crippen MR) is 96.5 cm³/mol. The molecule has 1 aromatic heterocycles. The first-order chi connectivity index (χ1) is 11.5. The van der Waals surface area contributed by atoms with Crippen LogP contribution in [0.2, 0.25) is 5.02 Å². The van der Waals surface area contributed by atoms with E-state index >= 15 is 0 Å². The first-order valence-corrected chi connectivity index (χ1v) is 9.14. The Labute approximate surface area is 149 Å². The zero-order valence-electron chi connectivity index (χ0n) is 13.3. The summed E-state index contributed by atoms with van der Waals surface area (Å²) in [6.45, 7) is 2.15. The molecule has 1 atom stereocenters. The second kappa shape index (κ2) is 6.95. The van der Waals surface area contributed by atoms with Crippen molar-refractivity contribution in [3.8, 4) is 0 Å². The topological polar surface area (TPSA) is 66.4 Å². The van der Waals surface area contributed by atoms with E-state index in [2.05, 4.69) is 12.2 Å². The monoisotopic (exact) mass is 363 g/mol. The molecule has 0 spiro atoms. The number of nitrogens with one attached hydrogen (secondary N) is 1. The molecule has 126 valence electrons. The SMILES string of the molecule is CCC1CCc2c(sc(NC(=O)c3ccccc3Cl)c2C(=O)O)C1. The lowest BCUT2D eigenvalue weighted by Gasteiger charge is -2.20. The average molecular weight is 364 g/mol. The van der Waals surface area contributed by atoms with Crippen LogP contribution in [0.5, 0.6) is 0 Å². The normalized spacial score (nSPS) is 16.5. The van der Waals surface area contributed by atoms with E-state index in [0.717, 1.165) is 36.1 Å². The molecule has 0 radical (unpaired) electrons. The van der Waals surface area contributed by atoms with Crippen LogP contribution in [0.1, 0.15) is 50.9 Å². The number of rotatable bonds is 4. The van der Waals surface area contributed by atoms with Crippen molar-refractivity contribution < 1.29 is 14.7 Å². The number of hydrogen-bond acceptors (Lipinski definition) is 3. The van der Waals surface area contributed by atoms with Gasteiger partial charge in [0.2, 0.25) is 0 Å². The van der Waals surface area contributed by atoms with Gasteiger partial charge in [0, 0.05) is 4.88 Å². The Kier molecular flexibility index (Phi) is 4.92. The number of halogens is 1. The van der Waals surface area contributed by atoms with Crippen molar-refractivity contribution >= 4 is 39.8 Å². The summed E-state index contributed by atoms with van der Waals surface area (Å²) in [5, 5.41) is 13.1. The number of carbonyl (C=O) groups excluding carboxylic acids is 1. The van der Waals surface area contributed by atoms with Crippen molar-refractivity contribution in [3.05, 3.63) is 50.9 Å². The number of fused-ring (bicyclic) bond motifs is 1. The van der Waals surface area contributed by atoms with Crippen molar-refractivity contribution in [2.75, 3.05) is 5.32 Å². The lowest BCUT2D eigenvalue weighted by atomic mass is 9.86. The summed E-state index contributed by atoms with van der Waals surface area (Å²) < 4.78 is 0. The zero-order valence-corrected chi connectivity index (χ0v) is 14.8. The van der Waals surface area contributed by atoms with E-state index in [0.29, 0.717) is 21.5 Å². The van der Waals surface area contributed by atoms with Crippen LogP contribution in [-0.2, 0) is 12.8 Å². The molecular formula is C18H18ClNO3S. The van der Waals surface area contributed by atoms with Crippen LogP contribution < -0.4 is 5.32 Å². The predicted octanol–water partition coefficient (Wildman–Crippen LogP) is 4.87. The number of hydrogen-bond donors (Lipinski definition) is 2. The summed E-state index contributed by atoms with van der Waals surface area (Å²) in [6, 6.07) is 6.74. The first kappa shape index (κ1) is 17.0. The molecule has 2 aromatic rings. The largest absolute Gasteiger partial charge is 0.478 e. The van der Waals surface area contributed by atoms with Crippen LogP contribution in [0, 0.1) is 5.92 Å². The summed E-state index contributed by atoms with van der Waals surface area (Å²) in [5.41, 5.74) is 1.46. The van der Waals surface area contributed by atoms with Gasteiger partial charge in [0.05, 0.1) is 16.1 Å². The molecule has 24 heavy (non-hydrogen) atoms. The molecule has 0 bridgehead atoms. The lowest BCUT2D eigenvalue weighted by Crippen LogP contribution is -2.16. The molecule has 3 rings (SSSR count). The minimum atomic E-state index is -0.989. The lowest BCUT2D eigenvalue weighted by molar-refractivity contribution is 0.0697. The molecule has 1 heterocycles. The molecule has 0 aliphatic heterocycles. The Balaban J connectivity index is 1.94. The number of benzene rings is 1. The maximum Gasteiger partial charge on any atom is 0.339 e. The smallest absolute Gasteiger partial charge is 0.339 e. The van der Waals surface area contributed by atoms with Crippen LogP contribution in [0.3, 0.4) is 0 Å². The second-order valence-corrected chi connectivity index (χ2v) is 7.48. The van der Waals surface area contributed by atoms with E-state index in [1.165, 1.54) is 11.3 Å². The van der Waals surface area contributed by atoms with Gasteiger partial charge in [-0.15, -0.1) is 11.3 Å². The highest BCUT2D eigenvalue weighted by Gasteiger charge is 2.29. The number of carboxylic acid groups (broad SMARTS) is 1. The van der Waals surface area contributed by atoms with Crippen molar-refractivity contribution in [2.24, 2.45) is 5.92 Å². The Morgan fingerprint density at radius 3 is 2.79 bits per heavy atom. The van der Waals surface area contributed by atoms with Crippen LogP contribution in [-0.4, -0.2) is 17.0 Å². The quantitative estimate of drug-likeness (QED) is 0.814. The number of aromatic carboxylic acids is 1. The van der Waals surface area contributed by atoms with Gasteiger partial charge in [0.15, 0.2) is 0 Å². The molecule has 2 N–H and O–H groups in total. The number of anilines is 1. The van der Waals surface area contributed by atoms with Crippen molar-refractivity contribution in [1.82, 2.24) is 0 Å². The summed E-state index contributed by atoms with van der Waals surface area (Å²) in [4.78, 5) is 25.3. The molecular weight excluding hydrogens is 346 g/mol. The van der Waals surface area contributed by atoms with Crippen molar-refractivity contribution in [3.63, 3.8) is 0 Å². The molecule has 1 unspecified atom stereocenters. The van der Waals surface area contributed by atoms with Crippen LogP contribution in [0.25, 0.3) is 0 Å². The standard InChI is InChI=1S/C18H18ClNO3S/c1-2-10-7-8-12-14(9-10)24-17(15(12)18(22)23)20-16(21)11-5-3-4-6-13(11)19/h3-6,10H,2,7-9H2,1H3,(H,20,21)(H,22,23). The second-order valence-electron chi connectivity index (χ2n) is 5.96. The van der Waals surface area contributed by atoms with E-state index in [1.54, 1.807) is 24.3 Å². The number of amides is 1. The van der Waals surface area contributed by atoms with Gasteiger partial charge in [-0.1, -0.05) is 37.1 Å². The first-order valence-electron chi connectivity index (χ1n) is 7.95. The third-order valence-electron chi connectivity index (χ3n) is 4.50. The minimum Gasteiger partial charge on any atom is -0.478 e. The van der Waals surface area contributed by atoms with E-state index in [1.807, 2.05) is 0 Å². The number of carboxylic acids is 1. The van der Waals surface area contributed by atoms with E-state index in [4.69, 9.17) is 11.6 Å². The zero-order chi connectivity index (χ0) is 17.3. The van der Waals surface area contributed by atoms with Crippen molar-refractivity contribution in [1.29, 1.82) is 0 Å². The molecule has 4 nitrogen and oxygen atoms in total. The molecule has 1 aromatic carbocycles. The molecule has 6 heteroatoms. The number of thiophene rings is 1. The summed E-state index contributed by atoms with van der Waals surface area (Å²) in [5.74, 6) is -0.782. The Hall–Kier alpha value is -1.85. The van der Waals surface area contributed by atoms with Gasteiger partial charge in [-0.25, -0.2) is 4.79 Å². The molecule has 1 aliphatic rings. The maximum absolute atomic E-state index is 12.5. The molecule has 0 fully saturated rings. The molecule has 0 saturated heterocycles. The van der Waals surface area contributed by atoms with E-state index < -0.39 is 5.97 Å². The van der Waals surface area contributed by atoms with Gasteiger partial charge in [-0.2, -0.15) is 0 Å². The Morgan fingerprint density at radius 1 is 1.38 bits per heavy atom. The average Bonchev–Trinajstić information content (AvgIpc) is 2.91. The minimum absolute atomic E-state index is 0.241. The highest BCUT2D eigenvalue weighted by atomic mass is 35.5.